The van der Waals surface area contributed by atoms with Gasteiger partial charge >= 0.3 is 0 Å². The molecule has 0 fully saturated rings. The number of hydrogen-bond donors (Lipinski definition) is 3. The van der Waals surface area contributed by atoms with Crippen molar-refractivity contribution < 1.29 is 13.9 Å². The molecule has 0 saturated heterocycles. The number of anilines is 1. The van der Waals surface area contributed by atoms with Crippen LogP contribution < -0.4 is 10.1 Å². The van der Waals surface area contributed by atoms with Gasteiger partial charge in [-0.25, -0.2) is 9.37 Å². The summed E-state index contributed by atoms with van der Waals surface area (Å²) in [6, 6.07) is 15.7. The highest BCUT2D eigenvalue weighted by Gasteiger charge is 2.15. The summed E-state index contributed by atoms with van der Waals surface area (Å²) >= 11 is 0. The average Bonchev–Trinajstić information content (AvgIpc) is 3.47. The molecule has 0 aliphatic rings. The van der Waals surface area contributed by atoms with Crippen LogP contribution in [0.3, 0.4) is 0 Å². The predicted molar refractivity (Wildman–Crippen MR) is 115 cm³/mol. The Morgan fingerprint density at radius 3 is 2.68 bits per heavy atom. The van der Waals surface area contributed by atoms with E-state index in [1.54, 1.807) is 18.3 Å². The van der Waals surface area contributed by atoms with Crippen molar-refractivity contribution in [1.82, 2.24) is 20.2 Å². The van der Waals surface area contributed by atoms with E-state index in [1.807, 2.05) is 36.5 Å². The summed E-state index contributed by atoms with van der Waals surface area (Å²) in [5, 5.41) is 9.66. The number of carbonyl (C=O) groups excluding carboxylic acids is 1. The molecule has 5 rings (SSSR count). The third-order valence-electron chi connectivity index (χ3n) is 4.79. The molecule has 7 nitrogen and oxygen atoms in total. The first-order chi connectivity index (χ1) is 15.2. The summed E-state index contributed by atoms with van der Waals surface area (Å²) < 4.78 is 20.7. The van der Waals surface area contributed by atoms with Gasteiger partial charge in [0.05, 0.1) is 17.1 Å². The fraction of sp³-hybridized carbons (Fsp3) is 0. The van der Waals surface area contributed by atoms with Gasteiger partial charge in [0, 0.05) is 35.9 Å². The molecule has 5 aromatic rings. The van der Waals surface area contributed by atoms with Gasteiger partial charge < -0.3 is 15.0 Å². The van der Waals surface area contributed by atoms with Crippen molar-refractivity contribution in [1.29, 1.82) is 0 Å². The van der Waals surface area contributed by atoms with E-state index >= 15 is 0 Å². The van der Waals surface area contributed by atoms with E-state index in [1.165, 1.54) is 24.5 Å². The first kappa shape index (κ1) is 18.6. The van der Waals surface area contributed by atoms with E-state index in [4.69, 9.17) is 4.74 Å². The number of pyridine rings is 1. The maximum atomic E-state index is 14.8. The number of ether oxygens (including phenoxy) is 1. The molecule has 3 N–H and O–H groups in total. The van der Waals surface area contributed by atoms with Crippen molar-refractivity contribution in [2.24, 2.45) is 0 Å². The zero-order valence-corrected chi connectivity index (χ0v) is 16.1. The predicted octanol–water partition coefficient (Wildman–Crippen LogP) is 5.14. The van der Waals surface area contributed by atoms with Crippen LogP contribution in [0.2, 0.25) is 0 Å². The van der Waals surface area contributed by atoms with Gasteiger partial charge in [-0.05, 0) is 23.8 Å². The third-order valence-corrected chi connectivity index (χ3v) is 4.79. The smallest absolute Gasteiger partial charge is 0.258 e. The molecular weight excluding hydrogens is 397 g/mol. The quantitative estimate of drug-likeness (QED) is 0.372. The van der Waals surface area contributed by atoms with Gasteiger partial charge in [0.1, 0.15) is 11.4 Å². The van der Waals surface area contributed by atoms with Crippen molar-refractivity contribution in [2.75, 3.05) is 5.32 Å². The first-order valence-corrected chi connectivity index (χ1v) is 9.48. The zero-order chi connectivity index (χ0) is 21.2. The monoisotopic (exact) mass is 413 g/mol. The Labute approximate surface area is 175 Å². The van der Waals surface area contributed by atoms with Gasteiger partial charge in [0.15, 0.2) is 11.6 Å². The molecule has 2 aromatic carbocycles. The highest BCUT2D eigenvalue weighted by Crippen LogP contribution is 2.37. The Kier molecular flexibility index (Phi) is 4.64. The van der Waals surface area contributed by atoms with Crippen LogP contribution in [0.4, 0.5) is 10.1 Å². The number of fused-ring (bicyclic) bond motifs is 1. The second-order valence-corrected chi connectivity index (χ2v) is 6.79. The summed E-state index contributed by atoms with van der Waals surface area (Å²) in [5.41, 5.74) is 3.19. The van der Waals surface area contributed by atoms with E-state index in [0.717, 1.165) is 16.5 Å². The summed E-state index contributed by atoms with van der Waals surface area (Å²) in [7, 11) is 0. The first-order valence-electron chi connectivity index (χ1n) is 9.48. The number of amides is 1. The number of benzene rings is 2. The van der Waals surface area contributed by atoms with Gasteiger partial charge in [-0.2, -0.15) is 5.10 Å². The second-order valence-electron chi connectivity index (χ2n) is 6.79. The van der Waals surface area contributed by atoms with E-state index in [2.05, 4.69) is 25.5 Å². The molecule has 3 aromatic heterocycles. The Balaban J connectivity index is 1.45. The molecule has 0 saturated carbocycles. The molecule has 0 spiro atoms. The SMILES string of the molecule is O=C(Nc1ccc(Oc2ccnc3[nH]cc(-c4ccccc4)c23)c(F)c1)c1cn[nH]c1. The van der Waals surface area contributed by atoms with Crippen LogP contribution in [-0.2, 0) is 0 Å². The summed E-state index contributed by atoms with van der Waals surface area (Å²) in [6.07, 6.45) is 6.29. The molecule has 0 aliphatic heterocycles. The van der Waals surface area contributed by atoms with Crippen molar-refractivity contribution >= 4 is 22.6 Å². The van der Waals surface area contributed by atoms with Crippen molar-refractivity contribution in [3.8, 4) is 22.6 Å². The molecule has 3 heterocycles. The molecule has 8 heteroatoms. The maximum Gasteiger partial charge on any atom is 0.258 e. The van der Waals surface area contributed by atoms with Crippen LogP contribution in [0, 0.1) is 5.82 Å². The number of hydrogen-bond acceptors (Lipinski definition) is 4. The standard InChI is InChI=1S/C23H16FN5O2/c24-18-10-16(29-23(30)15-11-27-28-12-15)6-7-19(18)31-20-8-9-25-22-21(20)17(13-26-22)14-4-2-1-3-5-14/h1-13H,(H,25,26)(H,27,28)(H,29,30). The van der Waals surface area contributed by atoms with Crippen LogP contribution in [0.25, 0.3) is 22.2 Å². The van der Waals surface area contributed by atoms with Gasteiger partial charge in [-0.15, -0.1) is 0 Å². The molecule has 0 atom stereocenters. The number of carbonyl (C=O) groups is 1. The Bertz CT molecular complexity index is 1360. The Morgan fingerprint density at radius 2 is 1.90 bits per heavy atom. The van der Waals surface area contributed by atoms with Crippen LogP contribution >= 0.6 is 0 Å². The molecule has 0 bridgehead atoms. The van der Waals surface area contributed by atoms with Gasteiger partial charge in [-0.3, -0.25) is 9.89 Å². The largest absolute Gasteiger partial charge is 0.453 e. The number of rotatable bonds is 5. The molecule has 0 unspecified atom stereocenters. The molecule has 0 radical (unpaired) electrons. The topological polar surface area (TPSA) is 95.7 Å². The molecule has 0 aliphatic carbocycles. The number of H-pyrrole nitrogens is 2. The number of halogens is 1. The fourth-order valence-electron chi connectivity index (χ4n) is 3.32. The minimum atomic E-state index is -0.605. The van der Waals surface area contributed by atoms with Crippen LogP contribution in [-0.4, -0.2) is 26.1 Å². The van der Waals surface area contributed by atoms with E-state index in [0.29, 0.717) is 22.6 Å². The van der Waals surface area contributed by atoms with Crippen molar-refractivity contribution in [3.63, 3.8) is 0 Å². The minimum absolute atomic E-state index is 0.0361. The van der Waals surface area contributed by atoms with Crippen molar-refractivity contribution in [2.45, 2.75) is 0 Å². The van der Waals surface area contributed by atoms with Gasteiger partial charge in [-0.1, -0.05) is 30.3 Å². The fourth-order valence-corrected chi connectivity index (χ4v) is 3.32. The Morgan fingerprint density at radius 1 is 1.03 bits per heavy atom. The van der Waals surface area contributed by atoms with Crippen molar-refractivity contribution in [3.05, 3.63) is 90.8 Å². The average molecular weight is 413 g/mol. The van der Waals surface area contributed by atoms with E-state index in [-0.39, 0.29) is 5.75 Å². The molecular formula is C23H16FN5O2. The summed E-state index contributed by atoms with van der Waals surface area (Å²) in [6.45, 7) is 0. The molecule has 152 valence electrons. The lowest BCUT2D eigenvalue weighted by molar-refractivity contribution is 0.102. The number of aromatic nitrogens is 4. The summed E-state index contributed by atoms with van der Waals surface area (Å²) in [4.78, 5) is 19.6. The molecule has 1 amide bonds. The lowest BCUT2D eigenvalue weighted by Crippen LogP contribution is -2.11. The summed E-state index contributed by atoms with van der Waals surface area (Å²) in [5.74, 6) is -0.488. The number of aromatic amines is 2. The van der Waals surface area contributed by atoms with Crippen LogP contribution in [0.5, 0.6) is 11.5 Å². The zero-order valence-electron chi connectivity index (χ0n) is 16.1. The van der Waals surface area contributed by atoms with E-state index in [9.17, 15) is 9.18 Å². The number of nitrogens with zero attached hydrogens (tertiary/aromatic N) is 2. The molecule has 31 heavy (non-hydrogen) atoms. The van der Waals surface area contributed by atoms with Crippen LogP contribution in [0.1, 0.15) is 10.4 Å². The number of nitrogens with one attached hydrogen (secondary N) is 3. The van der Waals surface area contributed by atoms with Crippen LogP contribution in [0.15, 0.2) is 79.4 Å². The highest BCUT2D eigenvalue weighted by atomic mass is 19.1. The lowest BCUT2D eigenvalue weighted by atomic mass is 10.1. The highest BCUT2D eigenvalue weighted by molar-refractivity contribution is 6.04. The van der Waals surface area contributed by atoms with E-state index < -0.39 is 11.7 Å². The third kappa shape index (κ3) is 3.62. The lowest BCUT2D eigenvalue weighted by Gasteiger charge is -2.11. The Hall–Kier alpha value is -4.46. The normalized spacial score (nSPS) is 10.9. The second kappa shape index (κ2) is 7.75. The van der Waals surface area contributed by atoms with Gasteiger partial charge in [0.2, 0.25) is 0 Å². The van der Waals surface area contributed by atoms with Gasteiger partial charge in [0.25, 0.3) is 5.91 Å². The minimum Gasteiger partial charge on any atom is -0.453 e. The maximum absolute atomic E-state index is 14.8.